The smallest absolute Gasteiger partial charge is 0.127 e. The van der Waals surface area contributed by atoms with Crippen LogP contribution in [0.4, 0.5) is 4.39 Å². The van der Waals surface area contributed by atoms with Gasteiger partial charge in [-0.3, -0.25) is 4.68 Å². The van der Waals surface area contributed by atoms with E-state index in [4.69, 9.17) is 5.73 Å². The van der Waals surface area contributed by atoms with Gasteiger partial charge in [-0.2, -0.15) is 5.10 Å². The molecule has 0 aliphatic carbocycles. The van der Waals surface area contributed by atoms with Gasteiger partial charge in [-0.25, -0.2) is 4.39 Å². The molecule has 2 aromatic rings. The summed E-state index contributed by atoms with van der Waals surface area (Å²) in [6.45, 7) is 2.06. The van der Waals surface area contributed by atoms with Gasteiger partial charge in [0.05, 0.1) is 5.69 Å². The Kier molecular flexibility index (Phi) is 3.77. The Morgan fingerprint density at radius 2 is 2.11 bits per heavy atom. The maximum Gasteiger partial charge on any atom is 0.127 e. The van der Waals surface area contributed by atoms with Crippen molar-refractivity contribution in [2.45, 2.75) is 25.8 Å². The molecule has 1 aromatic carbocycles. The number of hydrogen-bond donors (Lipinski definition) is 1. The molecule has 2 rings (SSSR count). The fraction of sp³-hybridized carbons (Fsp3) is 0.357. The Bertz CT molecular complexity index is 534. The third kappa shape index (κ3) is 2.59. The lowest BCUT2D eigenvalue weighted by molar-refractivity contribution is 0.569. The molecule has 1 unspecified atom stereocenters. The van der Waals surface area contributed by atoms with Crippen LogP contribution in [0.1, 0.15) is 29.9 Å². The molecule has 1 atom stereocenters. The van der Waals surface area contributed by atoms with Gasteiger partial charge in [0.1, 0.15) is 5.82 Å². The van der Waals surface area contributed by atoms with Crippen molar-refractivity contribution in [3.63, 3.8) is 0 Å². The second-order valence-corrected chi connectivity index (χ2v) is 4.44. The topological polar surface area (TPSA) is 43.8 Å². The highest BCUT2D eigenvalue weighted by atomic mass is 19.1. The minimum absolute atomic E-state index is 0.247. The number of nitrogens with zero attached hydrogens (tertiary/aromatic N) is 2. The van der Waals surface area contributed by atoms with Crippen LogP contribution in [0.25, 0.3) is 0 Å². The Morgan fingerprint density at radius 1 is 1.39 bits per heavy atom. The van der Waals surface area contributed by atoms with E-state index in [9.17, 15) is 4.39 Å². The van der Waals surface area contributed by atoms with E-state index in [-0.39, 0.29) is 11.9 Å². The van der Waals surface area contributed by atoms with E-state index in [0.717, 1.165) is 17.8 Å². The second-order valence-electron chi connectivity index (χ2n) is 4.44. The highest BCUT2D eigenvalue weighted by Crippen LogP contribution is 2.19. The van der Waals surface area contributed by atoms with Gasteiger partial charge in [0, 0.05) is 30.8 Å². The average Bonchev–Trinajstić information content (AvgIpc) is 2.70. The number of benzene rings is 1. The summed E-state index contributed by atoms with van der Waals surface area (Å²) in [7, 11) is 1.89. The third-order valence-electron chi connectivity index (χ3n) is 3.12. The zero-order valence-corrected chi connectivity index (χ0v) is 10.7. The molecule has 4 heteroatoms. The summed E-state index contributed by atoms with van der Waals surface area (Å²) in [4.78, 5) is 0. The van der Waals surface area contributed by atoms with Crippen molar-refractivity contribution >= 4 is 0 Å². The van der Waals surface area contributed by atoms with Crippen LogP contribution in [-0.4, -0.2) is 9.78 Å². The lowest BCUT2D eigenvalue weighted by Crippen LogP contribution is -2.16. The van der Waals surface area contributed by atoms with Crippen molar-refractivity contribution in [3.8, 4) is 0 Å². The van der Waals surface area contributed by atoms with Gasteiger partial charge >= 0.3 is 0 Å². The number of aromatic nitrogens is 2. The molecule has 1 aromatic heterocycles. The van der Waals surface area contributed by atoms with E-state index in [1.807, 2.05) is 17.8 Å². The fourth-order valence-electron chi connectivity index (χ4n) is 2.05. The van der Waals surface area contributed by atoms with Crippen molar-refractivity contribution in [3.05, 3.63) is 53.1 Å². The molecule has 0 amide bonds. The lowest BCUT2D eigenvalue weighted by atomic mass is 10.0. The van der Waals surface area contributed by atoms with Gasteiger partial charge in [0.25, 0.3) is 0 Å². The molecule has 18 heavy (non-hydrogen) atoms. The largest absolute Gasteiger partial charge is 0.324 e. The van der Waals surface area contributed by atoms with Crippen LogP contribution in [0.5, 0.6) is 0 Å². The van der Waals surface area contributed by atoms with Crippen LogP contribution in [0.2, 0.25) is 0 Å². The van der Waals surface area contributed by atoms with Crippen LogP contribution < -0.4 is 5.73 Å². The van der Waals surface area contributed by atoms with Crippen molar-refractivity contribution in [2.75, 3.05) is 0 Å². The molecule has 0 fully saturated rings. The second kappa shape index (κ2) is 5.31. The van der Waals surface area contributed by atoms with E-state index < -0.39 is 0 Å². The van der Waals surface area contributed by atoms with Gasteiger partial charge < -0.3 is 5.73 Å². The normalized spacial score (nSPS) is 12.7. The molecule has 96 valence electrons. The minimum atomic E-state index is -0.341. The predicted molar refractivity (Wildman–Crippen MR) is 69.6 cm³/mol. The SMILES string of the molecule is CCc1cc(CC(N)c2ccccc2F)n(C)n1. The summed E-state index contributed by atoms with van der Waals surface area (Å²) in [5.74, 6) is -0.247. The van der Waals surface area contributed by atoms with E-state index in [1.54, 1.807) is 18.2 Å². The zero-order valence-electron chi connectivity index (χ0n) is 10.7. The monoisotopic (exact) mass is 247 g/mol. The summed E-state index contributed by atoms with van der Waals surface area (Å²) >= 11 is 0. The first-order chi connectivity index (χ1) is 8.61. The molecule has 0 aliphatic heterocycles. The molecule has 0 spiro atoms. The van der Waals surface area contributed by atoms with Crippen LogP contribution >= 0.6 is 0 Å². The molecule has 3 nitrogen and oxygen atoms in total. The van der Waals surface area contributed by atoms with Gasteiger partial charge in [-0.15, -0.1) is 0 Å². The van der Waals surface area contributed by atoms with Gasteiger partial charge in [0.15, 0.2) is 0 Å². The predicted octanol–water partition coefficient (Wildman–Crippen LogP) is 2.36. The third-order valence-corrected chi connectivity index (χ3v) is 3.12. The molecule has 1 heterocycles. The molecule has 0 saturated heterocycles. The standard InChI is InChI=1S/C14H18FN3/c1-3-10-8-11(18(2)17-10)9-14(16)12-6-4-5-7-13(12)15/h4-8,14H,3,9,16H2,1-2H3. The number of aryl methyl sites for hydroxylation is 2. The molecule has 0 bridgehead atoms. The maximum absolute atomic E-state index is 13.6. The Balaban J connectivity index is 2.18. The summed E-state index contributed by atoms with van der Waals surface area (Å²) in [6, 6.07) is 8.34. The molecule has 2 N–H and O–H groups in total. The zero-order chi connectivity index (χ0) is 13.1. The fourth-order valence-corrected chi connectivity index (χ4v) is 2.05. The number of nitrogens with two attached hydrogens (primary N) is 1. The minimum Gasteiger partial charge on any atom is -0.324 e. The van der Waals surface area contributed by atoms with E-state index in [1.165, 1.54) is 6.07 Å². The first-order valence-corrected chi connectivity index (χ1v) is 6.13. The van der Waals surface area contributed by atoms with Gasteiger partial charge in [0.2, 0.25) is 0 Å². The van der Waals surface area contributed by atoms with Crippen LogP contribution in [0, 0.1) is 5.82 Å². The summed E-state index contributed by atoms with van der Waals surface area (Å²) in [6.07, 6.45) is 1.48. The average molecular weight is 247 g/mol. The number of hydrogen-bond acceptors (Lipinski definition) is 2. The van der Waals surface area contributed by atoms with Crippen molar-refractivity contribution in [1.29, 1.82) is 0 Å². The highest BCUT2D eigenvalue weighted by molar-refractivity contribution is 5.23. The molecule has 0 radical (unpaired) electrons. The Morgan fingerprint density at radius 3 is 2.72 bits per heavy atom. The molecular formula is C14H18FN3. The summed E-state index contributed by atoms with van der Waals surface area (Å²) < 4.78 is 15.4. The summed E-state index contributed by atoms with van der Waals surface area (Å²) in [5, 5.41) is 4.37. The quantitative estimate of drug-likeness (QED) is 0.901. The van der Waals surface area contributed by atoms with E-state index in [2.05, 4.69) is 12.0 Å². The van der Waals surface area contributed by atoms with Crippen LogP contribution in [0.15, 0.2) is 30.3 Å². The first kappa shape index (κ1) is 12.8. The number of halogens is 1. The molecule has 0 aliphatic rings. The Labute approximate surface area is 106 Å². The maximum atomic E-state index is 13.6. The number of rotatable bonds is 4. The summed E-state index contributed by atoms with van der Waals surface area (Å²) in [5.41, 5.74) is 8.68. The van der Waals surface area contributed by atoms with Crippen LogP contribution in [-0.2, 0) is 19.9 Å². The molecular weight excluding hydrogens is 229 g/mol. The Hall–Kier alpha value is -1.68. The van der Waals surface area contributed by atoms with E-state index >= 15 is 0 Å². The van der Waals surface area contributed by atoms with Gasteiger partial charge in [-0.05, 0) is 18.6 Å². The lowest BCUT2D eigenvalue weighted by Gasteiger charge is -2.12. The van der Waals surface area contributed by atoms with Crippen molar-refractivity contribution in [2.24, 2.45) is 12.8 Å². The van der Waals surface area contributed by atoms with Gasteiger partial charge in [-0.1, -0.05) is 25.1 Å². The first-order valence-electron chi connectivity index (χ1n) is 6.13. The van der Waals surface area contributed by atoms with Crippen molar-refractivity contribution in [1.82, 2.24) is 9.78 Å². The van der Waals surface area contributed by atoms with E-state index in [0.29, 0.717) is 12.0 Å². The van der Waals surface area contributed by atoms with Crippen LogP contribution in [0.3, 0.4) is 0 Å². The van der Waals surface area contributed by atoms with Crippen molar-refractivity contribution < 1.29 is 4.39 Å². The highest BCUT2D eigenvalue weighted by Gasteiger charge is 2.14. The molecule has 0 saturated carbocycles.